The molecule has 2 heterocycles. The Morgan fingerprint density at radius 2 is 1.62 bits per heavy atom. The maximum Gasteiger partial charge on any atom is 0.338 e. The number of rotatable bonds is 6. The molecule has 4 rings (SSSR count). The highest BCUT2D eigenvalue weighted by atomic mass is 16.5. The Hall–Kier alpha value is -4.33. The topological polar surface area (TPSA) is 103 Å². The van der Waals surface area contributed by atoms with E-state index in [1.165, 1.54) is 17.9 Å². The van der Waals surface area contributed by atoms with Gasteiger partial charge in [0.1, 0.15) is 0 Å². The Labute approximate surface area is 183 Å². The second-order valence-corrected chi connectivity index (χ2v) is 7.00. The quantitative estimate of drug-likeness (QED) is 0.474. The summed E-state index contributed by atoms with van der Waals surface area (Å²) in [5.74, 6) is -1.04. The molecule has 0 aliphatic carbocycles. The van der Waals surface area contributed by atoms with Crippen LogP contribution in [0, 0.1) is 0 Å². The smallest absolute Gasteiger partial charge is 0.338 e. The highest BCUT2D eigenvalue weighted by molar-refractivity contribution is 6.05. The molecule has 2 aromatic carbocycles. The molecule has 0 aliphatic heterocycles. The lowest BCUT2D eigenvalue weighted by molar-refractivity contribution is 0.0596. The van der Waals surface area contributed by atoms with Gasteiger partial charge in [0, 0.05) is 11.6 Å². The Morgan fingerprint density at radius 3 is 2.34 bits per heavy atom. The van der Waals surface area contributed by atoms with Gasteiger partial charge in [0.05, 0.1) is 48.1 Å². The third-order valence-corrected chi connectivity index (χ3v) is 4.98. The van der Waals surface area contributed by atoms with Crippen LogP contribution in [0.2, 0.25) is 0 Å². The number of benzene rings is 2. The van der Waals surface area contributed by atoms with Crippen LogP contribution in [0.5, 0.6) is 0 Å². The van der Waals surface area contributed by atoms with Crippen LogP contribution in [0.25, 0.3) is 10.8 Å². The van der Waals surface area contributed by atoms with Crippen molar-refractivity contribution in [3.05, 3.63) is 106 Å². The van der Waals surface area contributed by atoms with Gasteiger partial charge in [-0.25, -0.2) is 9.48 Å². The molecule has 4 aromatic rings. The second kappa shape index (κ2) is 9.22. The zero-order chi connectivity index (χ0) is 22.5. The SMILES string of the molecule is COC(=O)c1ccccc1C(=O)NCc1nn(Cc2ccccn2)c(=O)c2ccccc12. The first-order chi connectivity index (χ1) is 15.6. The predicted molar refractivity (Wildman–Crippen MR) is 118 cm³/mol. The molecule has 0 aliphatic rings. The fraction of sp³-hybridized carbons (Fsp3) is 0.125. The van der Waals surface area contributed by atoms with E-state index in [-0.39, 0.29) is 29.8 Å². The number of carbonyl (C=O) groups excluding carboxylic acids is 2. The van der Waals surface area contributed by atoms with Crippen molar-refractivity contribution in [3.63, 3.8) is 0 Å². The van der Waals surface area contributed by atoms with Crippen LogP contribution in [0.1, 0.15) is 32.1 Å². The molecule has 2 aromatic heterocycles. The molecule has 0 unspecified atom stereocenters. The molecule has 0 atom stereocenters. The van der Waals surface area contributed by atoms with Gasteiger partial charge in [0.2, 0.25) is 0 Å². The summed E-state index contributed by atoms with van der Waals surface area (Å²) in [4.78, 5) is 42.0. The van der Waals surface area contributed by atoms with Gasteiger partial charge in [-0.2, -0.15) is 5.10 Å². The minimum atomic E-state index is -0.594. The molecular weight excluding hydrogens is 408 g/mol. The fourth-order valence-corrected chi connectivity index (χ4v) is 3.42. The molecule has 160 valence electrons. The van der Waals surface area contributed by atoms with Crippen LogP contribution in [0.3, 0.4) is 0 Å². The van der Waals surface area contributed by atoms with Crippen molar-refractivity contribution in [3.8, 4) is 0 Å². The van der Waals surface area contributed by atoms with E-state index in [0.717, 1.165) is 0 Å². The van der Waals surface area contributed by atoms with Gasteiger partial charge in [-0.05, 0) is 30.3 Å². The van der Waals surface area contributed by atoms with Crippen molar-refractivity contribution >= 4 is 22.6 Å². The molecule has 0 radical (unpaired) electrons. The average Bonchev–Trinajstić information content (AvgIpc) is 2.85. The Bertz CT molecular complexity index is 1350. The number of esters is 1. The van der Waals surface area contributed by atoms with E-state index in [9.17, 15) is 14.4 Å². The van der Waals surface area contributed by atoms with Gasteiger partial charge in [-0.15, -0.1) is 0 Å². The fourth-order valence-electron chi connectivity index (χ4n) is 3.42. The van der Waals surface area contributed by atoms with Gasteiger partial charge in [-0.3, -0.25) is 14.6 Å². The van der Waals surface area contributed by atoms with E-state index in [2.05, 4.69) is 15.4 Å². The summed E-state index contributed by atoms with van der Waals surface area (Å²) in [6, 6.07) is 19.0. The molecule has 1 N–H and O–H groups in total. The standard InChI is InChI=1S/C24H20N4O4/c1-32-24(31)20-12-5-3-10-18(20)22(29)26-14-21-17-9-2-4-11-19(17)23(30)28(27-21)15-16-8-6-7-13-25-16/h2-13H,14-15H2,1H3,(H,26,29). The van der Waals surface area contributed by atoms with Crippen molar-refractivity contribution in [2.75, 3.05) is 7.11 Å². The number of carbonyl (C=O) groups is 2. The number of nitrogens with one attached hydrogen (secondary N) is 1. The van der Waals surface area contributed by atoms with Crippen molar-refractivity contribution in [1.82, 2.24) is 20.1 Å². The van der Waals surface area contributed by atoms with E-state index >= 15 is 0 Å². The molecule has 0 bridgehead atoms. The summed E-state index contributed by atoms with van der Waals surface area (Å²) in [7, 11) is 1.26. The van der Waals surface area contributed by atoms with Gasteiger partial charge < -0.3 is 10.1 Å². The Morgan fingerprint density at radius 1 is 0.938 bits per heavy atom. The van der Waals surface area contributed by atoms with Crippen LogP contribution in [-0.4, -0.2) is 33.8 Å². The molecule has 8 nitrogen and oxygen atoms in total. The number of amides is 1. The van der Waals surface area contributed by atoms with Crippen molar-refractivity contribution in [1.29, 1.82) is 0 Å². The van der Waals surface area contributed by atoms with Crippen LogP contribution < -0.4 is 10.9 Å². The first-order valence-electron chi connectivity index (χ1n) is 9.92. The van der Waals surface area contributed by atoms with Crippen molar-refractivity contribution < 1.29 is 14.3 Å². The lowest BCUT2D eigenvalue weighted by Crippen LogP contribution is -2.29. The van der Waals surface area contributed by atoms with Crippen LogP contribution in [0.4, 0.5) is 0 Å². The van der Waals surface area contributed by atoms with Gasteiger partial charge in [0.15, 0.2) is 0 Å². The van der Waals surface area contributed by atoms with E-state index in [1.54, 1.807) is 48.7 Å². The lowest BCUT2D eigenvalue weighted by atomic mass is 10.1. The zero-order valence-corrected chi connectivity index (χ0v) is 17.3. The number of methoxy groups -OCH3 is 1. The molecular formula is C24H20N4O4. The minimum Gasteiger partial charge on any atom is -0.465 e. The second-order valence-electron chi connectivity index (χ2n) is 7.00. The van der Waals surface area contributed by atoms with Crippen LogP contribution >= 0.6 is 0 Å². The summed E-state index contributed by atoms with van der Waals surface area (Å²) < 4.78 is 6.10. The van der Waals surface area contributed by atoms with E-state index in [0.29, 0.717) is 22.2 Å². The third kappa shape index (κ3) is 4.24. The van der Waals surface area contributed by atoms with E-state index in [1.807, 2.05) is 18.2 Å². The summed E-state index contributed by atoms with van der Waals surface area (Å²) >= 11 is 0. The monoisotopic (exact) mass is 428 g/mol. The average molecular weight is 428 g/mol. The normalized spacial score (nSPS) is 10.7. The summed E-state index contributed by atoms with van der Waals surface area (Å²) in [5, 5.41) is 8.44. The summed E-state index contributed by atoms with van der Waals surface area (Å²) in [6.45, 7) is 0.272. The molecule has 8 heteroatoms. The predicted octanol–water partition coefficient (Wildman–Crippen LogP) is 2.56. The third-order valence-electron chi connectivity index (χ3n) is 4.98. The van der Waals surface area contributed by atoms with Gasteiger partial charge in [0.25, 0.3) is 11.5 Å². The largest absolute Gasteiger partial charge is 0.465 e. The Kier molecular flexibility index (Phi) is 6.03. The molecule has 0 saturated carbocycles. The molecule has 0 fully saturated rings. The van der Waals surface area contributed by atoms with E-state index in [4.69, 9.17) is 4.74 Å². The number of hydrogen-bond donors (Lipinski definition) is 1. The zero-order valence-electron chi connectivity index (χ0n) is 17.3. The minimum absolute atomic E-state index is 0.0668. The number of nitrogens with zero attached hydrogens (tertiary/aromatic N) is 3. The van der Waals surface area contributed by atoms with Crippen LogP contribution in [-0.2, 0) is 17.8 Å². The maximum atomic E-state index is 12.9. The highest BCUT2D eigenvalue weighted by Gasteiger charge is 2.18. The first-order valence-corrected chi connectivity index (χ1v) is 9.92. The molecule has 32 heavy (non-hydrogen) atoms. The number of pyridine rings is 1. The lowest BCUT2D eigenvalue weighted by Gasteiger charge is -2.12. The molecule has 0 saturated heterocycles. The van der Waals surface area contributed by atoms with Gasteiger partial charge >= 0.3 is 5.97 Å². The number of aromatic nitrogens is 3. The van der Waals surface area contributed by atoms with Crippen LogP contribution in [0.15, 0.2) is 77.7 Å². The number of fused-ring (bicyclic) bond motifs is 1. The number of ether oxygens (including phenoxy) is 1. The van der Waals surface area contributed by atoms with E-state index < -0.39 is 11.9 Å². The summed E-state index contributed by atoms with van der Waals surface area (Å²) in [6.07, 6.45) is 1.65. The number of hydrogen-bond acceptors (Lipinski definition) is 6. The first kappa shape index (κ1) is 20.9. The highest BCUT2D eigenvalue weighted by Crippen LogP contribution is 2.15. The van der Waals surface area contributed by atoms with Crippen molar-refractivity contribution in [2.24, 2.45) is 0 Å². The molecule has 0 spiro atoms. The Balaban J connectivity index is 1.66. The van der Waals surface area contributed by atoms with Gasteiger partial charge in [-0.1, -0.05) is 36.4 Å². The molecule has 1 amide bonds. The van der Waals surface area contributed by atoms with Crippen molar-refractivity contribution in [2.45, 2.75) is 13.1 Å². The summed E-state index contributed by atoms with van der Waals surface area (Å²) in [5.41, 5.74) is 1.35. The maximum absolute atomic E-state index is 12.9.